The summed E-state index contributed by atoms with van der Waals surface area (Å²) >= 11 is 9.64. The molecule has 3 N–H and O–H groups in total. The normalized spacial score (nSPS) is 10.4. The first-order chi connectivity index (χ1) is 6.65. The molecule has 0 aliphatic rings. The summed E-state index contributed by atoms with van der Waals surface area (Å²) in [6, 6.07) is 5.93. The van der Waals surface area contributed by atoms with E-state index in [0.717, 1.165) is 19.8 Å². The Bertz CT molecular complexity index is 494. The average molecular weight is 288 g/mol. The second-order valence-electron chi connectivity index (χ2n) is 2.62. The van der Waals surface area contributed by atoms with E-state index in [1.807, 2.05) is 18.2 Å². The van der Waals surface area contributed by atoms with Crippen LogP contribution in [0.15, 0.2) is 22.7 Å². The van der Waals surface area contributed by atoms with Crippen molar-refractivity contribution in [3.63, 3.8) is 0 Å². The predicted molar refractivity (Wildman–Crippen MR) is 67.7 cm³/mol. The molecule has 72 valence electrons. The number of halogens is 1. The molecule has 2 aromatic rings. The molecule has 0 unspecified atom stereocenters. The van der Waals surface area contributed by atoms with Gasteiger partial charge in [-0.05, 0) is 30.4 Å². The Balaban J connectivity index is 2.46. The van der Waals surface area contributed by atoms with Crippen molar-refractivity contribution in [3.8, 4) is 0 Å². The number of hydrogen-bond donors (Lipinski definition) is 2. The molecule has 1 heterocycles. The summed E-state index contributed by atoms with van der Waals surface area (Å²) in [6.07, 6.45) is 0. The third-order valence-electron chi connectivity index (χ3n) is 1.58. The lowest BCUT2D eigenvalue weighted by Crippen LogP contribution is -2.18. The minimum atomic E-state index is 0.239. The van der Waals surface area contributed by atoms with E-state index in [4.69, 9.17) is 18.0 Å². The van der Waals surface area contributed by atoms with Crippen LogP contribution in [-0.4, -0.2) is 10.1 Å². The molecule has 6 heteroatoms. The van der Waals surface area contributed by atoms with Gasteiger partial charge in [-0.2, -0.15) is 0 Å². The predicted octanol–water partition coefficient (Wildman–Crippen LogP) is 2.71. The summed E-state index contributed by atoms with van der Waals surface area (Å²) in [5.74, 6) is 0. The van der Waals surface area contributed by atoms with E-state index in [0.29, 0.717) is 0 Å². The third kappa shape index (κ3) is 2.02. The molecule has 0 bridgehead atoms. The van der Waals surface area contributed by atoms with Crippen LogP contribution >= 0.6 is 39.5 Å². The number of nitrogens with two attached hydrogens (primary N) is 1. The highest BCUT2D eigenvalue weighted by molar-refractivity contribution is 9.10. The van der Waals surface area contributed by atoms with Crippen LogP contribution < -0.4 is 11.1 Å². The second-order valence-corrected chi connectivity index (χ2v) is 5.01. The smallest absolute Gasteiger partial charge is 0.190 e. The zero-order valence-electron chi connectivity index (χ0n) is 6.95. The van der Waals surface area contributed by atoms with E-state index in [1.165, 1.54) is 11.3 Å². The first kappa shape index (κ1) is 9.82. The number of fused-ring (bicyclic) bond motifs is 1. The number of thiazole rings is 1. The average Bonchev–Trinajstić information content (AvgIpc) is 2.44. The lowest BCUT2D eigenvalue weighted by Gasteiger charge is -1.94. The lowest BCUT2D eigenvalue weighted by molar-refractivity contribution is 1.46. The number of nitrogens with one attached hydrogen (secondary N) is 1. The second kappa shape index (κ2) is 3.80. The SMILES string of the molecule is NC(=S)Nc1nc2cc(Br)ccc2s1. The van der Waals surface area contributed by atoms with Gasteiger partial charge in [0.15, 0.2) is 10.2 Å². The minimum Gasteiger partial charge on any atom is -0.376 e. The van der Waals surface area contributed by atoms with Crippen LogP contribution in [0.3, 0.4) is 0 Å². The maximum absolute atomic E-state index is 5.35. The zero-order chi connectivity index (χ0) is 10.1. The van der Waals surface area contributed by atoms with Gasteiger partial charge in [0.2, 0.25) is 0 Å². The first-order valence-electron chi connectivity index (χ1n) is 3.78. The molecular formula is C8H6BrN3S2. The number of nitrogens with zero attached hydrogens (tertiary/aromatic N) is 1. The van der Waals surface area contributed by atoms with Crippen LogP contribution in [0.1, 0.15) is 0 Å². The van der Waals surface area contributed by atoms with Crippen molar-refractivity contribution in [2.24, 2.45) is 5.73 Å². The van der Waals surface area contributed by atoms with E-state index < -0.39 is 0 Å². The van der Waals surface area contributed by atoms with Crippen LogP contribution in [0, 0.1) is 0 Å². The topological polar surface area (TPSA) is 50.9 Å². The Labute approximate surface area is 98.5 Å². The fourth-order valence-electron chi connectivity index (χ4n) is 1.06. The Hall–Kier alpha value is -0.720. The standard InChI is InChI=1S/C8H6BrN3S2/c9-4-1-2-6-5(3-4)11-8(14-6)12-7(10)13/h1-3H,(H3,10,11,12,13). The van der Waals surface area contributed by atoms with Crippen molar-refractivity contribution in [1.82, 2.24) is 4.98 Å². The van der Waals surface area contributed by atoms with Gasteiger partial charge in [-0.1, -0.05) is 27.3 Å². The maximum atomic E-state index is 5.35. The minimum absolute atomic E-state index is 0.239. The van der Waals surface area contributed by atoms with Crippen LogP contribution in [0.5, 0.6) is 0 Å². The molecule has 0 spiro atoms. The number of thiocarbonyl (C=S) groups is 1. The Kier molecular flexibility index (Phi) is 2.66. The zero-order valence-corrected chi connectivity index (χ0v) is 10.2. The maximum Gasteiger partial charge on any atom is 0.190 e. The summed E-state index contributed by atoms with van der Waals surface area (Å²) < 4.78 is 2.11. The summed E-state index contributed by atoms with van der Waals surface area (Å²) in [5, 5.41) is 3.78. The van der Waals surface area contributed by atoms with Gasteiger partial charge in [-0.25, -0.2) is 4.98 Å². The highest BCUT2D eigenvalue weighted by Gasteiger charge is 2.03. The van der Waals surface area contributed by atoms with Crippen molar-refractivity contribution in [3.05, 3.63) is 22.7 Å². The van der Waals surface area contributed by atoms with E-state index in [-0.39, 0.29) is 5.11 Å². The molecule has 0 aliphatic carbocycles. The molecule has 0 saturated heterocycles. The Morgan fingerprint density at radius 1 is 1.57 bits per heavy atom. The molecule has 3 nitrogen and oxygen atoms in total. The van der Waals surface area contributed by atoms with Crippen molar-refractivity contribution >= 4 is 59.9 Å². The van der Waals surface area contributed by atoms with Crippen molar-refractivity contribution in [2.75, 3.05) is 5.32 Å². The number of anilines is 1. The third-order valence-corrected chi connectivity index (χ3v) is 3.13. The number of aromatic nitrogens is 1. The highest BCUT2D eigenvalue weighted by atomic mass is 79.9. The van der Waals surface area contributed by atoms with E-state index in [2.05, 4.69) is 26.2 Å². The van der Waals surface area contributed by atoms with E-state index in [1.54, 1.807) is 0 Å². The Morgan fingerprint density at radius 3 is 3.07 bits per heavy atom. The van der Waals surface area contributed by atoms with Gasteiger partial charge in [-0.3, -0.25) is 0 Å². The summed E-state index contributed by atoms with van der Waals surface area (Å²) in [4.78, 5) is 4.32. The first-order valence-corrected chi connectivity index (χ1v) is 5.79. The van der Waals surface area contributed by atoms with E-state index in [9.17, 15) is 0 Å². The molecule has 14 heavy (non-hydrogen) atoms. The molecule has 0 radical (unpaired) electrons. The molecule has 0 fully saturated rings. The van der Waals surface area contributed by atoms with Crippen molar-refractivity contribution < 1.29 is 0 Å². The van der Waals surface area contributed by atoms with Gasteiger partial charge >= 0.3 is 0 Å². The highest BCUT2D eigenvalue weighted by Crippen LogP contribution is 2.27. The molecule has 2 rings (SSSR count). The van der Waals surface area contributed by atoms with Crippen LogP contribution in [-0.2, 0) is 0 Å². The fourth-order valence-corrected chi connectivity index (χ4v) is 2.43. The quantitative estimate of drug-likeness (QED) is 0.792. The summed E-state index contributed by atoms with van der Waals surface area (Å²) in [6.45, 7) is 0. The fraction of sp³-hybridized carbons (Fsp3) is 0. The van der Waals surface area contributed by atoms with Gasteiger partial charge in [-0.15, -0.1) is 0 Å². The molecule has 0 atom stereocenters. The van der Waals surface area contributed by atoms with E-state index >= 15 is 0 Å². The van der Waals surface area contributed by atoms with Gasteiger partial charge in [0.1, 0.15) is 0 Å². The van der Waals surface area contributed by atoms with Crippen LogP contribution in [0.2, 0.25) is 0 Å². The largest absolute Gasteiger partial charge is 0.376 e. The van der Waals surface area contributed by atoms with Gasteiger partial charge in [0.25, 0.3) is 0 Å². The summed E-state index contributed by atoms with van der Waals surface area (Å²) in [7, 11) is 0. The van der Waals surface area contributed by atoms with Gasteiger partial charge < -0.3 is 11.1 Å². The molecule has 0 saturated carbocycles. The molecule has 0 aliphatic heterocycles. The molecule has 1 aromatic heterocycles. The molecule has 1 aromatic carbocycles. The van der Waals surface area contributed by atoms with Crippen molar-refractivity contribution in [2.45, 2.75) is 0 Å². The van der Waals surface area contributed by atoms with Crippen LogP contribution in [0.4, 0.5) is 5.13 Å². The monoisotopic (exact) mass is 287 g/mol. The van der Waals surface area contributed by atoms with Crippen molar-refractivity contribution in [1.29, 1.82) is 0 Å². The number of benzene rings is 1. The van der Waals surface area contributed by atoms with Crippen LogP contribution in [0.25, 0.3) is 10.2 Å². The Morgan fingerprint density at radius 2 is 2.36 bits per heavy atom. The number of hydrogen-bond acceptors (Lipinski definition) is 3. The van der Waals surface area contributed by atoms with Gasteiger partial charge in [0, 0.05) is 4.47 Å². The number of rotatable bonds is 1. The molecule has 0 amide bonds. The lowest BCUT2D eigenvalue weighted by atomic mass is 10.3. The molecular weight excluding hydrogens is 282 g/mol. The van der Waals surface area contributed by atoms with Gasteiger partial charge in [0.05, 0.1) is 10.2 Å². The summed E-state index contributed by atoms with van der Waals surface area (Å²) in [5.41, 5.74) is 6.29.